The second-order valence-corrected chi connectivity index (χ2v) is 10.1. The van der Waals surface area contributed by atoms with Gasteiger partial charge in [0, 0.05) is 30.7 Å². The van der Waals surface area contributed by atoms with Crippen molar-refractivity contribution >= 4 is 62.1 Å². The summed E-state index contributed by atoms with van der Waals surface area (Å²) in [5, 5.41) is 2.99. The molecule has 1 N–H and O–H groups in total. The molecule has 2 heterocycles. The van der Waals surface area contributed by atoms with Crippen molar-refractivity contribution in [2.24, 2.45) is 5.92 Å². The van der Waals surface area contributed by atoms with Crippen LogP contribution in [0, 0.1) is 5.92 Å². The summed E-state index contributed by atoms with van der Waals surface area (Å²) < 4.78 is 6.74. The van der Waals surface area contributed by atoms with Gasteiger partial charge in [0.05, 0.1) is 18.1 Å². The van der Waals surface area contributed by atoms with Crippen LogP contribution in [0.3, 0.4) is 0 Å². The van der Waals surface area contributed by atoms with Gasteiger partial charge in [-0.2, -0.15) is 0 Å². The van der Waals surface area contributed by atoms with Crippen molar-refractivity contribution in [3.05, 3.63) is 39.2 Å². The van der Waals surface area contributed by atoms with Gasteiger partial charge in [0.15, 0.2) is 0 Å². The van der Waals surface area contributed by atoms with E-state index in [1.54, 1.807) is 0 Å². The van der Waals surface area contributed by atoms with Crippen molar-refractivity contribution < 1.29 is 14.3 Å². The maximum absolute atomic E-state index is 13.1. The molecule has 3 rings (SSSR count). The van der Waals surface area contributed by atoms with Crippen LogP contribution in [0.5, 0.6) is 0 Å². The quantitative estimate of drug-likeness (QED) is 0.448. The molecule has 1 aromatic rings. The Kier molecular flexibility index (Phi) is 8.47. The topological polar surface area (TPSA) is 61.9 Å². The zero-order valence-corrected chi connectivity index (χ0v) is 20.3. The van der Waals surface area contributed by atoms with Gasteiger partial charge in [-0.15, -0.1) is 0 Å². The first-order valence-corrected chi connectivity index (χ1v) is 12.0. The smallest absolute Gasteiger partial charge is 0.266 e. The molecule has 2 fully saturated rings. The lowest BCUT2D eigenvalue weighted by Crippen LogP contribution is -2.52. The van der Waals surface area contributed by atoms with Crippen molar-refractivity contribution in [2.75, 3.05) is 39.4 Å². The Balaban J connectivity index is 1.66. The van der Waals surface area contributed by atoms with Crippen LogP contribution in [0.2, 0.25) is 0 Å². The Morgan fingerprint density at radius 1 is 1.30 bits per heavy atom. The number of ether oxygens (including phenoxy) is 1. The van der Waals surface area contributed by atoms with E-state index < -0.39 is 6.04 Å². The minimum absolute atomic E-state index is 0.0667. The van der Waals surface area contributed by atoms with Crippen LogP contribution >= 0.6 is 39.9 Å². The minimum atomic E-state index is -0.627. The van der Waals surface area contributed by atoms with E-state index in [0.29, 0.717) is 15.8 Å². The van der Waals surface area contributed by atoms with Crippen molar-refractivity contribution in [3.63, 3.8) is 0 Å². The molecule has 0 bridgehead atoms. The number of carbonyl (C=O) groups excluding carboxylic acids is 2. The highest BCUT2D eigenvalue weighted by Crippen LogP contribution is 2.35. The number of morpholine rings is 1. The van der Waals surface area contributed by atoms with Gasteiger partial charge in [0.25, 0.3) is 5.91 Å². The molecule has 6 nitrogen and oxygen atoms in total. The number of hydrogen-bond donors (Lipinski definition) is 1. The van der Waals surface area contributed by atoms with Crippen LogP contribution in [-0.2, 0) is 14.3 Å². The van der Waals surface area contributed by atoms with Crippen LogP contribution in [0.25, 0.3) is 6.08 Å². The molecular formula is C21H26BrN3O3S2. The Labute approximate surface area is 195 Å². The summed E-state index contributed by atoms with van der Waals surface area (Å²) in [5.74, 6) is -0.447. The molecule has 1 unspecified atom stereocenters. The molecular weight excluding hydrogens is 486 g/mol. The number of thiocarbonyl (C=S) groups is 1. The van der Waals surface area contributed by atoms with E-state index in [1.807, 2.05) is 44.2 Å². The highest BCUT2D eigenvalue weighted by molar-refractivity contribution is 9.10. The highest BCUT2D eigenvalue weighted by Gasteiger charge is 2.41. The monoisotopic (exact) mass is 511 g/mol. The zero-order chi connectivity index (χ0) is 21.7. The molecule has 2 saturated heterocycles. The molecule has 2 aliphatic rings. The number of halogens is 1. The average molecular weight is 512 g/mol. The summed E-state index contributed by atoms with van der Waals surface area (Å²) in [7, 11) is 0. The number of thioether (sulfide) groups is 1. The Morgan fingerprint density at radius 2 is 1.97 bits per heavy atom. The average Bonchev–Trinajstić information content (AvgIpc) is 2.98. The number of nitrogens with zero attached hydrogens (tertiary/aromatic N) is 2. The number of hydrogen-bond acceptors (Lipinski definition) is 6. The summed E-state index contributed by atoms with van der Waals surface area (Å²) in [6.07, 6.45) is 1.82. The SMILES string of the molecule is CC(C)C(C(=O)NCCN1CCOCC1)N1C(=O)/C(=C/c2ccc(Br)cc2)SC1=S. The predicted molar refractivity (Wildman–Crippen MR) is 128 cm³/mol. The summed E-state index contributed by atoms with van der Waals surface area (Å²) in [5.41, 5.74) is 0.912. The van der Waals surface area contributed by atoms with Crippen molar-refractivity contribution in [3.8, 4) is 0 Å². The van der Waals surface area contributed by atoms with Crippen LogP contribution in [0.4, 0.5) is 0 Å². The van der Waals surface area contributed by atoms with Gasteiger partial charge in [-0.3, -0.25) is 19.4 Å². The number of nitrogens with one attached hydrogen (secondary N) is 1. The van der Waals surface area contributed by atoms with Crippen LogP contribution < -0.4 is 5.32 Å². The van der Waals surface area contributed by atoms with Crippen LogP contribution in [0.1, 0.15) is 19.4 Å². The molecule has 0 saturated carbocycles. The lowest BCUT2D eigenvalue weighted by Gasteiger charge is -2.30. The fourth-order valence-electron chi connectivity index (χ4n) is 3.41. The summed E-state index contributed by atoms with van der Waals surface area (Å²) in [4.78, 5) is 30.3. The second kappa shape index (κ2) is 10.9. The van der Waals surface area contributed by atoms with E-state index in [-0.39, 0.29) is 17.7 Å². The van der Waals surface area contributed by atoms with Crippen LogP contribution in [-0.4, -0.2) is 71.4 Å². The van der Waals surface area contributed by atoms with Gasteiger partial charge in [-0.25, -0.2) is 0 Å². The van der Waals surface area contributed by atoms with Gasteiger partial charge < -0.3 is 10.1 Å². The summed E-state index contributed by atoms with van der Waals surface area (Å²) >= 11 is 10.1. The molecule has 0 radical (unpaired) electrons. The molecule has 1 aromatic carbocycles. The number of carbonyl (C=O) groups is 2. The summed E-state index contributed by atoms with van der Waals surface area (Å²) in [6.45, 7) is 8.37. The molecule has 0 aliphatic carbocycles. The Bertz CT molecular complexity index is 823. The Morgan fingerprint density at radius 3 is 2.60 bits per heavy atom. The van der Waals surface area contributed by atoms with Crippen molar-refractivity contribution in [1.82, 2.24) is 15.1 Å². The van der Waals surface area contributed by atoms with Gasteiger partial charge in [0.1, 0.15) is 10.4 Å². The first kappa shape index (κ1) is 23.4. The third-order valence-corrected chi connectivity index (χ3v) is 6.86. The minimum Gasteiger partial charge on any atom is -0.379 e. The van der Waals surface area contributed by atoms with E-state index in [1.165, 1.54) is 16.7 Å². The largest absolute Gasteiger partial charge is 0.379 e. The predicted octanol–water partition coefficient (Wildman–Crippen LogP) is 3.12. The number of rotatable bonds is 7. The van der Waals surface area contributed by atoms with E-state index in [4.69, 9.17) is 17.0 Å². The fraction of sp³-hybridized carbons (Fsp3) is 0.476. The number of benzene rings is 1. The normalized spacial score (nSPS) is 20.3. The van der Waals surface area contributed by atoms with E-state index in [0.717, 1.165) is 42.9 Å². The fourth-order valence-corrected chi connectivity index (χ4v) is 5.01. The van der Waals surface area contributed by atoms with Gasteiger partial charge in [-0.1, -0.05) is 65.9 Å². The van der Waals surface area contributed by atoms with Crippen molar-refractivity contribution in [1.29, 1.82) is 0 Å². The standard InChI is InChI=1S/C21H26BrN3O3S2/c1-14(2)18(19(26)23-7-8-24-9-11-28-12-10-24)25-20(27)17(30-21(25)29)13-15-3-5-16(22)6-4-15/h3-6,13-14,18H,7-12H2,1-2H3,(H,23,26)/b17-13-. The lowest BCUT2D eigenvalue weighted by atomic mass is 10.0. The highest BCUT2D eigenvalue weighted by atomic mass is 79.9. The molecule has 162 valence electrons. The van der Waals surface area contributed by atoms with Crippen molar-refractivity contribution in [2.45, 2.75) is 19.9 Å². The molecule has 2 amide bonds. The lowest BCUT2D eigenvalue weighted by molar-refractivity contribution is -0.134. The van der Waals surface area contributed by atoms with E-state index >= 15 is 0 Å². The van der Waals surface area contributed by atoms with Gasteiger partial charge in [-0.05, 0) is 29.7 Å². The maximum Gasteiger partial charge on any atom is 0.266 e. The third kappa shape index (κ3) is 5.91. The van der Waals surface area contributed by atoms with E-state index in [2.05, 4.69) is 26.1 Å². The molecule has 30 heavy (non-hydrogen) atoms. The Hall–Kier alpha value is -1.26. The van der Waals surface area contributed by atoms with Gasteiger partial charge in [0.2, 0.25) is 5.91 Å². The third-order valence-electron chi connectivity index (χ3n) is 5.00. The molecule has 0 aromatic heterocycles. The van der Waals surface area contributed by atoms with Crippen LogP contribution in [0.15, 0.2) is 33.6 Å². The first-order valence-electron chi connectivity index (χ1n) is 9.97. The number of amides is 2. The molecule has 1 atom stereocenters. The maximum atomic E-state index is 13.1. The summed E-state index contributed by atoms with van der Waals surface area (Å²) in [6, 6.07) is 7.07. The molecule has 0 spiro atoms. The zero-order valence-electron chi connectivity index (χ0n) is 17.1. The van der Waals surface area contributed by atoms with Gasteiger partial charge >= 0.3 is 0 Å². The first-order chi connectivity index (χ1) is 14.4. The van der Waals surface area contributed by atoms with E-state index in [9.17, 15) is 9.59 Å². The second-order valence-electron chi connectivity index (χ2n) is 7.54. The molecule has 9 heteroatoms. The molecule has 2 aliphatic heterocycles.